The van der Waals surface area contributed by atoms with Gasteiger partial charge in [0.25, 0.3) is 0 Å². The molecule has 0 spiro atoms. The van der Waals surface area contributed by atoms with E-state index in [-0.39, 0.29) is 12.0 Å². The van der Waals surface area contributed by atoms with Gasteiger partial charge in [-0.2, -0.15) is 5.26 Å². The third-order valence-corrected chi connectivity index (χ3v) is 4.93. The number of allylic oxidation sites excluding steroid dienone is 3. The summed E-state index contributed by atoms with van der Waals surface area (Å²) in [6.45, 7) is 3.07. The van der Waals surface area contributed by atoms with Crippen molar-refractivity contribution in [1.82, 2.24) is 30.3 Å². The molecule has 31 heavy (non-hydrogen) atoms. The molecule has 0 fully saturated rings. The van der Waals surface area contributed by atoms with Gasteiger partial charge in [-0.3, -0.25) is 0 Å². The van der Waals surface area contributed by atoms with Crippen molar-refractivity contribution in [3.63, 3.8) is 0 Å². The van der Waals surface area contributed by atoms with E-state index in [9.17, 15) is 0 Å². The number of hydrogen-bond acceptors (Lipinski definition) is 8. The monoisotopic (exact) mass is 414 g/mol. The van der Waals surface area contributed by atoms with Crippen LogP contribution in [-0.2, 0) is 11.3 Å². The van der Waals surface area contributed by atoms with Crippen molar-refractivity contribution in [2.75, 3.05) is 19.5 Å². The molecule has 156 valence electrons. The minimum Gasteiger partial charge on any atom is -0.382 e. The van der Waals surface area contributed by atoms with Crippen molar-refractivity contribution >= 4 is 5.95 Å². The number of anilines is 1. The number of rotatable bonds is 6. The molecule has 0 aliphatic carbocycles. The first-order chi connectivity index (χ1) is 15.1. The number of dihydropyridines is 1. The molecule has 9 heteroatoms. The van der Waals surface area contributed by atoms with Gasteiger partial charge in [-0.1, -0.05) is 29.5 Å². The lowest BCUT2D eigenvalue weighted by atomic mass is 10.1. The minimum absolute atomic E-state index is 0.127. The Labute approximate surface area is 179 Å². The van der Waals surface area contributed by atoms with Crippen LogP contribution in [0.15, 0.2) is 54.3 Å². The summed E-state index contributed by atoms with van der Waals surface area (Å²) in [5.74, 6) is 0.132. The zero-order chi connectivity index (χ0) is 21.8. The summed E-state index contributed by atoms with van der Waals surface area (Å²) in [4.78, 5) is 8.68. The van der Waals surface area contributed by atoms with Crippen LogP contribution in [0.2, 0.25) is 0 Å². The summed E-state index contributed by atoms with van der Waals surface area (Å²) < 4.78 is 7.03. The first kappa shape index (κ1) is 20.3. The van der Waals surface area contributed by atoms with Gasteiger partial charge in [0.2, 0.25) is 5.95 Å². The van der Waals surface area contributed by atoms with Crippen LogP contribution in [0.1, 0.15) is 11.3 Å². The molecule has 9 nitrogen and oxygen atoms in total. The van der Waals surface area contributed by atoms with Gasteiger partial charge in [0.15, 0.2) is 0 Å². The standard InChI is InChI=1S/C22H22N8O/c1-14-21(28-29-30(14)12-17-7-4-8-18(25-17)13-31-2)20-10-19(26-22(24)27-20)16-6-3-5-15(9-16)11-23/h3-10,18,25H,12-13H2,1-2H3,(H2,24,26,27). The first-order valence-electron chi connectivity index (χ1n) is 9.75. The summed E-state index contributed by atoms with van der Waals surface area (Å²) in [5, 5.41) is 21.2. The maximum atomic E-state index is 9.17. The zero-order valence-electron chi connectivity index (χ0n) is 17.3. The van der Waals surface area contributed by atoms with Crippen LogP contribution < -0.4 is 11.1 Å². The lowest BCUT2D eigenvalue weighted by molar-refractivity contribution is 0.183. The number of ether oxygens (including phenoxy) is 1. The Morgan fingerprint density at radius 1 is 1.26 bits per heavy atom. The smallest absolute Gasteiger partial charge is 0.221 e. The molecule has 3 heterocycles. The highest BCUT2D eigenvalue weighted by atomic mass is 16.5. The normalized spacial score (nSPS) is 15.3. The Morgan fingerprint density at radius 2 is 2.10 bits per heavy atom. The summed E-state index contributed by atoms with van der Waals surface area (Å²) in [6.07, 6.45) is 6.07. The second-order valence-electron chi connectivity index (χ2n) is 7.15. The fraction of sp³-hybridized carbons (Fsp3) is 0.227. The fourth-order valence-corrected chi connectivity index (χ4v) is 3.41. The molecule has 2 aromatic heterocycles. The van der Waals surface area contributed by atoms with E-state index < -0.39 is 0 Å². The van der Waals surface area contributed by atoms with Crippen LogP contribution in [0.3, 0.4) is 0 Å². The highest BCUT2D eigenvalue weighted by molar-refractivity contribution is 5.69. The largest absolute Gasteiger partial charge is 0.382 e. The van der Waals surface area contributed by atoms with Crippen molar-refractivity contribution < 1.29 is 4.74 Å². The predicted molar refractivity (Wildman–Crippen MR) is 116 cm³/mol. The number of aromatic nitrogens is 5. The van der Waals surface area contributed by atoms with Gasteiger partial charge in [0.1, 0.15) is 5.69 Å². The molecule has 1 atom stereocenters. The van der Waals surface area contributed by atoms with Gasteiger partial charge >= 0.3 is 0 Å². The number of nitrogens with two attached hydrogens (primary N) is 1. The Hall–Kier alpha value is -4.03. The van der Waals surface area contributed by atoms with Crippen molar-refractivity contribution in [3.8, 4) is 28.7 Å². The van der Waals surface area contributed by atoms with Gasteiger partial charge in [-0.05, 0) is 31.2 Å². The van der Waals surface area contributed by atoms with Crippen LogP contribution in [0.4, 0.5) is 5.95 Å². The molecule has 1 aromatic carbocycles. The van der Waals surface area contributed by atoms with E-state index in [4.69, 9.17) is 15.7 Å². The lowest BCUT2D eigenvalue weighted by Gasteiger charge is -2.21. The van der Waals surface area contributed by atoms with Crippen molar-refractivity contribution in [1.29, 1.82) is 5.26 Å². The number of nitrogens with one attached hydrogen (secondary N) is 1. The summed E-state index contributed by atoms with van der Waals surface area (Å²) in [7, 11) is 1.68. The van der Waals surface area contributed by atoms with Gasteiger partial charge in [0.05, 0.1) is 47.9 Å². The lowest BCUT2D eigenvalue weighted by Crippen LogP contribution is -2.34. The number of methoxy groups -OCH3 is 1. The molecule has 0 radical (unpaired) electrons. The number of nitrogens with zero attached hydrogens (tertiary/aromatic N) is 6. The van der Waals surface area contributed by atoms with E-state index in [1.165, 1.54) is 0 Å². The van der Waals surface area contributed by atoms with Crippen molar-refractivity contribution in [3.05, 3.63) is 65.5 Å². The minimum atomic E-state index is 0.127. The Morgan fingerprint density at radius 3 is 2.90 bits per heavy atom. The van der Waals surface area contributed by atoms with E-state index in [1.807, 2.05) is 42.0 Å². The molecule has 0 saturated carbocycles. The first-order valence-corrected chi connectivity index (χ1v) is 9.75. The molecule has 1 aliphatic heterocycles. The summed E-state index contributed by atoms with van der Waals surface area (Å²) >= 11 is 0. The van der Waals surface area contributed by atoms with E-state index in [2.05, 4.69) is 37.7 Å². The third kappa shape index (κ3) is 4.44. The quantitative estimate of drug-likeness (QED) is 0.628. The van der Waals surface area contributed by atoms with Gasteiger partial charge in [0, 0.05) is 18.4 Å². The number of nitriles is 1. The van der Waals surface area contributed by atoms with Crippen molar-refractivity contribution in [2.24, 2.45) is 0 Å². The van der Waals surface area contributed by atoms with Crippen molar-refractivity contribution in [2.45, 2.75) is 19.5 Å². The summed E-state index contributed by atoms with van der Waals surface area (Å²) in [5.41, 5.74) is 11.0. The van der Waals surface area contributed by atoms with E-state index >= 15 is 0 Å². The molecule has 1 unspecified atom stereocenters. The molecule has 0 saturated heterocycles. The fourth-order valence-electron chi connectivity index (χ4n) is 3.41. The number of hydrogen-bond donors (Lipinski definition) is 2. The van der Waals surface area contributed by atoms with Gasteiger partial charge in [-0.25, -0.2) is 14.6 Å². The van der Waals surface area contributed by atoms with Gasteiger partial charge < -0.3 is 15.8 Å². The molecular formula is C22H22N8O. The number of benzene rings is 1. The van der Waals surface area contributed by atoms with Crippen LogP contribution >= 0.6 is 0 Å². The second-order valence-corrected chi connectivity index (χ2v) is 7.15. The maximum Gasteiger partial charge on any atom is 0.221 e. The molecule has 1 aliphatic rings. The Kier molecular flexibility index (Phi) is 5.73. The second kappa shape index (κ2) is 8.77. The van der Waals surface area contributed by atoms with E-state index in [0.29, 0.717) is 35.8 Å². The van der Waals surface area contributed by atoms with Crippen LogP contribution in [0.5, 0.6) is 0 Å². The highest BCUT2D eigenvalue weighted by Gasteiger charge is 2.17. The highest BCUT2D eigenvalue weighted by Crippen LogP contribution is 2.26. The molecule has 0 bridgehead atoms. The third-order valence-electron chi connectivity index (χ3n) is 4.93. The topological polar surface area (TPSA) is 128 Å². The average molecular weight is 414 g/mol. The van der Waals surface area contributed by atoms with Crippen LogP contribution in [0, 0.1) is 18.3 Å². The molecule has 3 N–H and O–H groups in total. The Bertz CT molecular complexity index is 1200. The van der Waals surface area contributed by atoms with Crippen LogP contribution in [-0.4, -0.2) is 44.7 Å². The SMILES string of the molecule is COCC1C=CC=C(Cn2nnc(-c3cc(-c4cccc(C#N)c4)nc(N)n3)c2C)N1. The average Bonchev–Trinajstić information content (AvgIpc) is 3.14. The number of nitrogen functional groups attached to an aromatic ring is 1. The van der Waals surface area contributed by atoms with Gasteiger partial charge in [-0.15, -0.1) is 5.10 Å². The molecule has 3 aromatic rings. The predicted octanol–water partition coefficient (Wildman–Crippen LogP) is 2.22. The zero-order valence-corrected chi connectivity index (χ0v) is 17.3. The molecule has 0 amide bonds. The maximum absolute atomic E-state index is 9.17. The summed E-state index contributed by atoms with van der Waals surface area (Å²) in [6, 6.07) is 11.3. The molecule has 4 rings (SSSR count). The Balaban J connectivity index is 1.62. The van der Waals surface area contributed by atoms with Crippen LogP contribution in [0.25, 0.3) is 22.6 Å². The molecular weight excluding hydrogens is 392 g/mol. The van der Waals surface area contributed by atoms with E-state index in [1.54, 1.807) is 19.2 Å². The van der Waals surface area contributed by atoms with E-state index in [0.717, 1.165) is 17.0 Å².